The zero-order valence-corrected chi connectivity index (χ0v) is 25.7. The maximum Gasteiger partial charge on any atom is 0.137 e. The molecule has 0 saturated carbocycles. The van der Waals surface area contributed by atoms with Gasteiger partial charge in [0.1, 0.15) is 11.2 Å². The highest BCUT2D eigenvalue weighted by atomic mass is 32.1. The molecule has 0 saturated heterocycles. The molecule has 0 amide bonds. The fraction of sp³-hybridized carbons (Fsp3) is 0. The summed E-state index contributed by atoms with van der Waals surface area (Å²) < 4.78 is 8.80. The Bertz CT molecular complexity index is 2440. The SMILES string of the molecule is c1ccc(N(c2ccccc2)c2ccc3c(c2)sc2cc(N(c4ccccc4)c4ccc5c(c4)oc4ccccc45)ccc23)cc1. The quantitative estimate of drug-likeness (QED) is 0.187. The molecule has 7 aromatic carbocycles. The number of benzene rings is 7. The Morgan fingerprint density at radius 2 is 0.739 bits per heavy atom. The summed E-state index contributed by atoms with van der Waals surface area (Å²) in [5.41, 5.74) is 8.47. The van der Waals surface area contributed by atoms with Crippen molar-refractivity contribution in [2.45, 2.75) is 0 Å². The zero-order chi connectivity index (χ0) is 30.5. The molecule has 9 rings (SSSR count). The van der Waals surface area contributed by atoms with Crippen LogP contribution < -0.4 is 9.80 Å². The van der Waals surface area contributed by atoms with Gasteiger partial charge in [-0.2, -0.15) is 0 Å². The number of para-hydroxylation sites is 4. The third-order valence-corrected chi connectivity index (χ3v) is 9.74. The molecule has 0 unspecified atom stereocenters. The number of hydrogen-bond donors (Lipinski definition) is 0. The van der Waals surface area contributed by atoms with Crippen LogP contribution in [0.5, 0.6) is 0 Å². The number of furan rings is 1. The lowest BCUT2D eigenvalue weighted by molar-refractivity contribution is 0.669. The van der Waals surface area contributed by atoms with E-state index in [0.717, 1.165) is 56.1 Å². The first kappa shape index (κ1) is 26.6. The van der Waals surface area contributed by atoms with Crippen LogP contribution in [-0.2, 0) is 0 Å². The van der Waals surface area contributed by atoms with Crippen LogP contribution >= 0.6 is 11.3 Å². The number of rotatable bonds is 6. The van der Waals surface area contributed by atoms with Crippen molar-refractivity contribution in [3.05, 3.63) is 170 Å². The first-order chi connectivity index (χ1) is 22.8. The van der Waals surface area contributed by atoms with E-state index in [0.29, 0.717) is 0 Å². The van der Waals surface area contributed by atoms with Gasteiger partial charge in [-0.15, -0.1) is 11.3 Å². The van der Waals surface area contributed by atoms with Crippen molar-refractivity contribution in [1.29, 1.82) is 0 Å². The van der Waals surface area contributed by atoms with E-state index in [1.165, 1.54) is 20.2 Å². The summed E-state index contributed by atoms with van der Waals surface area (Å²) in [5, 5.41) is 4.80. The summed E-state index contributed by atoms with van der Waals surface area (Å²) in [5.74, 6) is 0. The molecule has 2 aromatic heterocycles. The van der Waals surface area contributed by atoms with Gasteiger partial charge >= 0.3 is 0 Å². The van der Waals surface area contributed by atoms with E-state index in [9.17, 15) is 0 Å². The third kappa shape index (κ3) is 4.50. The summed E-state index contributed by atoms with van der Waals surface area (Å²) in [7, 11) is 0. The lowest BCUT2D eigenvalue weighted by Gasteiger charge is -2.25. The van der Waals surface area contributed by atoms with Crippen molar-refractivity contribution in [2.24, 2.45) is 0 Å². The molecule has 4 heteroatoms. The molecule has 0 radical (unpaired) electrons. The van der Waals surface area contributed by atoms with Crippen LogP contribution in [0.2, 0.25) is 0 Å². The molecule has 2 heterocycles. The van der Waals surface area contributed by atoms with E-state index in [4.69, 9.17) is 4.42 Å². The fourth-order valence-corrected chi connectivity index (χ4v) is 7.68. The molecular weight excluding hydrogens is 581 g/mol. The Morgan fingerprint density at radius 1 is 0.326 bits per heavy atom. The summed E-state index contributed by atoms with van der Waals surface area (Å²) in [6, 6.07) is 60.1. The largest absolute Gasteiger partial charge is 0.456 e. The molecule has 0 aliphatic rings. The van der Waals surface area contributed by atoms with Gasteiger partial charge in [-0.25, -0.2) is 0 Å². The van der Waals surface area contributed by atoms with Crippen LogP contribution in [0.15, 0.2) is 174 Å². The average Bonchev–Trinajstić information content (AvgIpc) is 3.67. The summed E-state index contributed by atoms with van der Waals surface area (Å²) in [6.07, 6.45) is 0. The van der Waals surface area contributed by atoms with Gasteiger partial charge in [0.15, 0.2) is 0 Å². The highest BCUT2D eigenvalue weighted by Gasteiger charge is 2.18. The van der Waals surface area contributed by atoms with Gasteiger partial charge in [0, 0.05) is 71.1 Å². The number of anilines is 6. The standard InChI is InChI=1S/C42H28N2OS/c1-4-12-29(13-5-1)43(30-14-6-2-7-15-30)33-21-24-37-38-25-22-34(28-42(38)46-41(37)27-33)44(31-16-8-3-9-17-31)32-20-23-36-35-18-10-11-19-39(35)45-40(36)26-32/h1-28H. The van der Waals surface area contributed by atoms with E-state index in [-0.39, 0.29) is 0 Å². The van der Waals surface area contributed by atoms with Gasteiger partial charge in [0.25, 0.3) is 0 Å². The molecule has 0 fully saturated rings. The molecule has 0 spiro atoms. The number of thiophene rings is 1. The molecule has 218 valence electrons. The average molecular weight is 609 g/mol. The number of hydrogen-bond acceptors (Lipinski definition) is 4. The monoisotopic (exact) mass is 608 g/mol. The van der Waals surface area contributed by atoms with Crippen LogP contribution in [0.3, 0.4) is 0 Å². The molecule has 46 heavy (non-hydrogen) atoms. The van der Waals surface area contributed by atoms with Gasteiger partial charge in [0.2, 0.25) is 0 Å². The molecule has 0 aliphatic carbocycles. The van der Waals surface area contributed by atoms with Gasteiger partial charge in [-0.05, 0) is 78.9 Å². The summed E-state index contributed by atoms with van der Waals surface area (Å²) in [6.45, 7) is 0. The lowest BCUT2D eigenvalue weighted by Crippen LogP contribution is -2.09. The predicted molar refractivity (Wildman–Crippen MR) is 196 cm³/mol. The smallest absolute Gasteiger partial charge is 0.137 e. The second-order valence-corrected chi connectivity index (χ2v) is 12.5. The minimum atomic E-state index is 0.886. The maximum absolute atomic E-state index is 6.29. The Kier molecular flexibility index (Phi) is 6.32. The summed E-state index contributed by atoms with van der Waals surface area (Å²) in [4.78, 5) is 4.63. The first-order valence-electron chi connectivity index (χ1n) is 15.4. The number of fused-ring (bicyclic) bond motifs is 6. The zero-order valence-electron chi connectivity index (χ0n) is 24.9. The van der Waals surface area contributed by atoms with Crippen LogP contribution in [-0.4, -0.2) is 0 Å². The van der Waals surface area contributed by atoms with Gasteiger partial charge in [-0.3, -0.25) is 0 Å². The molecular formula is C42H28N2OS. The van der Waals surface area contributed by atoms with E-state index < -0.39 is 0 Å². The second kappa shape index (κ2) is 11.0. The van der Waals surface area contributed by atoms with Crippen molar-refractivity contribution in [2.75, 3.05) is 9.80 Å². The van der Waals surface area contributed by atoms with Crippen molar-refractivity contribution < 1.29 is 4.42 Å². The molecule has 0 atom stereocenters. The number of nitrogens with zero attached hydrogens (tertiary/aromatic N) is 2. The second-order valence-electron chi connectivity index (χ2n) is 11.4. The normalized spacial score (nSPS) is 11.5. The summed E-state index contributed by atoms with van der Waals surface area (Å²) >= 11 is 1.84. The Labute approximate surface area is 270 Å². The van der Waals surface area contributed by atoms with E-state index in [1.807, 2.05) is 23.5 Å². The lowest BCUT2D eigenvalue weighted by atomic mass is 10.1. The molecule has 0 aliphatic heterocycles. The van der Waals surface area contributed by atoms with E-state index >= 15 is 0 Å². The van der Waals surface area contributed by atoms with Crippen molar-refractivity contribution in [3.63, 3.8) is 0 Å². The Hall–Kier alpha value is -5.84. The predicted octanol–water partition coefficient (Wildman–Crippen LogP) is 12.9. The van der Waals surface area contributed by atoms with E-state index in [2.05, 4.69) is 168 Å². The topological polar surface area (TPSA) is 19.6 Å². The highest BCUT2D eigenvalue weighted by Crippen LogP contribution is 2.44. The molecule has 9 aromatic rings. The van der Waals surface area contributed by atoms with Crippen LogP contribution in [0.25, 0.3) is 42.1 Å². The molecule has 3 nitrogen and oxygen atoms in total. The molecule has 0 N–H and O–H groups in total. The van der Waals surface area contributed by atoms with Crippen molar-refractivity contribution in [3.8, 4) is 0 Å². The van der Waals surface area contributed by atoms with Gasteiger partial charge in [0.05, 0.1) is 0 Å². The highest BCUT2D eigenvalue weighted by molar-refractivity contribution is 7.25. The van der Waals surface area contributed by atoms with Gasteiger partial charge in [-0.1, -0.05) is 84.9 Å². The van der Waals surface area contributed by atoms with Crippen molar-refractivity contribution in [1.82, 2.24) is 0 Å². The fourth-order valence-electron chi connectivity index (χ4n) is 6.51. The van der Waals surface area contributed by atoms with Crippen LogP contribution in [0.1, 0.15) is 0 Å². The van der Waals surface area contributed by atoms with Gasteiger partial charge < -0.3 is 14.2 Å². The van der Waals surface area contributed by atoms with Crippen molar-refractivity contribution >= 4 is 87.6 Å². The third-order valence-electron chi connectivity index (χ3n) is 8.62. The van der Waals surface area contributed by atoms with E-state index in [1.54, 1.807) is 0 Å². The maximum atomic E-state index is 6.29. The van der Waals surface area contributed by atoms with Crippen LogP contribution in [0.4, 0.5) is 34.1 Å². The Balaban J connectivity index is 1.17. The minimum absolute atomic E-state index is 0.886. The minimum Gasteiger partial charge on any atom is -0.456 e. The Morgan fingerprint density at radius 3 is 1.28 bits per heavy atom. The molecule has 0 bridgehead atoms. The first-order valence-corrected chi connectivity index (χ1v) is 16.2. The van der Waals surface area contributed by atoms with Crippen LogP contribution in [0, 0.1) is 0 Å².